The maximum absolute atomic E-state index is 12.0. The maximum Gasteiger partial charge on any atom is 0.339 e. The van der Waals surface area contributed by atoms with Gasteiger partial charge in [0.1, 0.15) is 0 Å². The zero-order valence-corrected chi connectivity index (χ0v) is 11.6. The van der Waals surface area contributed by atoms with Crippen LogP contribution in [-0.2, 0) is 20.7 Å². The van der Waals surface area contributed by atoms with Gasteiger partial charge in [0, 0.05) is 6.61 Å². The van der Waals surface area contributed by atoms with Crippen molar-refractivity contribution in [2.75, 3.05) is 13.7 Å². The number of rotatable bonds is 1. The van der Waals surface area contributed by atoms with Crippen LogP contribution in [0.4, 0.5) is 0 Å². The van der Waals surface area contributed by atoms with Gasteiger partial charge in [-0.15, -0.1) is 0 Å². The fourth-order valence-electron chi connectivity index (χ4n) is 2.87. The number of hydrogen-bond acceptors (Lipinski definition) is 3. The number of carbonyl (C=O) groups excluding carboxylic acids is 1. The molecule has 0 aliphatic carbocycles. The molecule has 0 amide bonds. The number of hydrogen-bond donors (Lipinski definition) is 0. The molecule has 0 saturated heterocycles. The molecule has 104 valence electrons. The summed E-state index contributed by atoms with van der Waals surface area (Å²) in [5.41, 5.74) is 2.17. The third-order valence-corrected chi connectivity index (χ3v) is 3.88. The quantitative estimate of drug-likeness (QED) is 0.745. The van der Waals surface area contributed by atoms with E-state index in [9.17, 15) is 4.79 Å². The molecular formula is C17H18O3. The Hall–Kier alpha value is -1.87. The molecule has 0 aromatic heterocycles. The van der Waals surface area contributed by atoms with E-state index in [4.69, 9.17) is 9.47 Å². The second-order valence-electron chi connectivity index (χ2n) is 5.09. The highest BCUT2D eigenvalue weighted by molar-refractivity contribution is 5.89. The van der Waals surface area contributed by atoms with Gasteiger partial charge >= 0.3 is 5.97 Å². The lowest BCUT2D eigenvalue weighted by Gasteiger charge is -2.23. The Morgan fingerprint density at radius 3 is 2.90 bits per heavy atom. The van der Waals surface area contributed by atoms with Gasteiger partial charge in [0.2, 0.25) is 0 Å². The van der Waals surface area contributed by atoms with E-state index in [1.165, 1.54) is 23.4 Å². The molecule has 1 heterocycles. The van der Waals surface area contributed by atoms with Crippen LogP contribution in [0.1, 0.15) is 30.1 Å². The summed E-state index contributed by atoms with van der Waals surface area (Å²) in [6.45, 7) is 0.603. The Bertz CT molecular complexity index is 633. The molecule has 1 unspecified atom stereocenters. The van der Waals surface area contributed by atoms with Crippen LogP contribution in [0.25, 0.3) is 10.8 Å². The molecule has 3 heteroatoms. The summed E-state index contributed by atoms with van der Waals surface area (Å²) in [6, 6.07) is 12.3. The van der Waals surface area contributed by atoms with Gasteiger partial charge in [0.05, 0.1) is 7.11 Å². The van der Waals surface area contributed by atoms with Gasteiger partial charge < -0.3 is 9.47 Å². The second kappa shape index (κ2) is 5.63. The van der Waals surface area contributed by atoms with E-state index in [0.29, 0.717) is 6.61 Å². The van der Waals surface area contributed by atoms with Crippen LogP contribution >= 0.6 is 0 Å². The molecule has 0 fully saturated rings. The minimum atomic E-state index is -0.597. The maximum atomic E-state index is 12.0. The Morgan fingerprint density at radius 2 is 2.05 bits per heavy atom. The van der Waals surface area contributed by atoms with Crippen LogP contribution in [0.3, 0.4) is 0 Å². The van der Waals surface area contributed by atoms with Crippen molar-refractivity contribution in [1.82, 2.24) is 0 Å². The Morgan fingerprint density at radius 1 is 1.20 bits per heavy atom. The first-order chi connectivity index (χ1) is 9.81. The van der Waals surface area contributed by atoms with Crippen molar-refractivity contribution in [3.8, 4) is 0 Å². The van der Waals surface area contributed by atoms with Gasteiger partial charge in [-0.2, -0.15) is 0 Å². The zero-order chi connectivity index (χ0) is 13.9. The first kappa shape index (κ1) is 13.1. The van der Waals surface area contributed by atoms with E-state index in [0.717, 1.165) is 24.8 Å². The lowest BCUT2D eigenvalue weighted by atomic mass is 9.91. The van der Waals surface area contributed by atoms with Crippen LogP contribution in [-0.4, -0.2) is 19.7 Å². The van der Waals surface area contributed by atoms with E-state index < -0.39 is 6.10 Å². The minimum Gasteiger partial charge on any atom is -0.467 e. The van der Waals surface area contributed by atoms with Crippen molar-refractivity contribution in [3.63, 3.8) is 0 Å². The van der Waals surface area contributed by atoms with E-state index >= 15 is 0 Å². The number of aryl methyl sites for hydroxylation is 1. The SMILES string of the molecule is COC(=O)C1OCCCCc2c1ccc1ccccc21. The second-order valence-corrected chi connectivity index (χ2v) is 5.09. The smallest absolute Gasteiger partial charge is 0.339 e. The average molecular weight is 270 g/mol. The molecule has 3 rings (SSSR count). The largest absolute Gasteiger partial charge is 0.467 e. The normalized spacial score (nSPS) is 18.9. The van der Waals surface area contributed by atoms with Crippen LogP contribution < -0.4 is 0 Å². The van der Waals surface area contributed by atoms with Gasteiger partial charge in [0.25, 0.3) is 0 Å². The summed E-state index contributed by atoms with van der Waals surface area (Å²) in [5.74, 6) is -0.316. The van der Waals surface area contributed by atoms with Crippen LogP contribution in [0.5, 0.6) is 0 Å². The molecule has 0 bridgehead atoms. The molecule has 20 heavy (non-hydrogen) atoms. The number of methoxy groups -OCH3 is 1. The molecule has 1 atom stereocenters. The molecular weight excluding hydrogens is 252 g/mol. The first-order valence-electron chi connectivity index (χ1n) is 7.01. The van der Waals surface area contributed by atoms with Gasteiger partial charge in [-0.1, -0.05) is 36.4 Å². The van der Waals surface area contributed by atoms with Crippen LogP contribution in [0.15, 0.2) is 36.4 Å². The lowest BCUT2D eigenvalue weighted by Crippen LogP contribution is -2.21. The highest BCUT2D eigenvalue weighted by atomic mass is 16.6. The molecule has 2 aromatic rings. The molecule has 3 nitrogen and oxygen atoms in total. The van der Waals surface area contributed by atoms with Crippen molar-refractivity contribution in [3.05, 3.63) is 47.5 Å². The first-order valence-corrected chi connectivity index (χ1v) is 7.01. The van der Waals surface area contributed by atoms with Crippen molar-refractivity contribution >= 4 is 16.7 Å². The number of esters is 1. The van der Waals surface area contributed by atoms with Crippen LogP contribution in [0.2, 0.25) is 0 Å². The predicted octanol–water partition coefficient (Wildman–Crippen LogP) is 3.41. The highest BCUT2D eigenvalue weighted by Crippen LogP contribution is 2.32. The predicted molar refractivity (Wildman–Crippen MR) is 77.6 cm³/mol. The molecule has 1 aliphatic rings. The van der Waals surface area contributed by atoms with Gasteiger partial charge in [-0.05, 0) is 41.2 Å². The third-order valence-electron chi connectivity index (χ3n) is 3.88. The van der Waals surface area contributed by atoms with Gasteiger partial charge in [0.15, 0.2) is 6.10 Å². The number of benzene rings is 2. The summed E-state index contributed by atoms with van der Waals surface area (Å²) in [5, 5.41) is 2.42. The number of carbonyl (C=O) groups is 1. The van der Waals surface area contributed by atoms with E-state index in [-0.39, 0.29) is 5.97 Å². The number of ether oxygens (including phenoxy) is 2. The summed E-state index contributed by atoms with van der Waals surface area (Å²) >= 11 is 0. The molecule has 0 saturated carbocycles. The van der Waals surface area contributed by atoms with E-state index in [1.54, 1.807) is 0 Å². The van der Waals surface area contributed by atoms with Crippen LogP contribution in [0, 0.1) is 0 Å². The zero-order valence-electron chi connectivity index (χ0n) is 11.6. The minimum absolute atomic E-state index is 0.316. The highest BCUT2D eigenvalue weighted by Gasteiger charge is 2.26. The molecule has 2 aromatic carbocycles. The third kappa shape index (κ3) is 2.29. The summed E-state index contributed by atoms with van der Waals surface area (Å²) in [7, 11) is 1.41. The van der Waals surface area contributed by atoms with E-state index in [2.05, 4.69) is 18.2 Å². The molecule has 1 aliphatic heterocycles. The van der Waals surface area contributed by atoms with Gasteiger partial charge in [-0.3, -0.25) is 0 Å². The monoisotopic (exact) mass is 270 g/mol. The standard InChI is InChI=1S/C17H18O3/c1-19-17(18)16-15-10-9-12-6-2-3-7-13(12)14(15)8-4-5-11-20-16/h2-3,6-7,9-10,16H,4-5,8,11H2,1H3. The van der Waals surface area contributed by atoms with Crippen molar-refractivity contribution in [1.29, 1.82) is 0 Å². The Balaban J connectivity index is 2.18. The Labute approximate surface area is 118 Å². The summed E-state index contributed by atoms with van der Waals surface area (Å²) < 4.78 is 10.6. The van der Waals surface area contributed by atoms with Crippen molar-refractivity contribution < 1.29 is 14.3 Å². The van der Waals surface area contributed by atoms with Crippen molar-refractivity contribution in [2.45, 2.75) is 25.4 Å². The van der Waals surface area contributed by atoms with E-state index in [1.807, 2.05) is 18.2 Å². The molecule has 0 radical (unpaired) electrons. The molecule has 0 N–H and O–H groups in total. The summed E-state index contributed by atoms with van der Waals surface area (Å²) in [6.07, 6.45) is 2.43. The average Bonchev–Trinajstić information content (AvgIpc) is 2.47. The van der Waals surface area contributed by atoms with Crippen molar-refractivity contribution in [2.24, 2.45) is 0 Å². The fourth-order valence-corrected chi connectivity index (χ4v) is 2.87. The summed E-state index contributed by atoms with van der Waals surface area (Å²) in [4.78, 5) is 12.0. The number of fused-ring (bicyclic) bond motifs is 3. The van der Waals surface area contributed by atoms with Gasteiger partial charge in [-0.25, -0.2) is 4.79 Å². The molecule has 0 spiro atoms. The topological polar surface area (TPSA) is 35.5 Å². The Kier molecular flexibility index (Phi) is 3.70. The lowest BCUT2D eigenvalue weighted by molar-refractivity contribution is -0.155. The fraction of sp³-hybridized carbons (Fsp3) is 0.353.